The lowest BCUT2D eigenvalue weighted by Crippen LogP contribution is -1.99. The molecule has 11 heavy (non-hydrogen) atoms. The lowest BCUT2D eigenvalue weighted by molar-refractivity contribution is 0.0573. The molecule has 0 saturated heterocycles. The SMILES string of the molecule is [O]C(=O)c1ccccc1[C]=O. The van der Waals surface area contributed by atoms with Crippen LogP contribution in [0.3, 0.4) is 0 Å². The van der Waals surface area contributed by atoms with Crippen molar-refractivity contribution in [2.45, 2.75) is 0 Å². The van der Waals surface area contributed by atoms with E-state index in [4.69, 9.17) is 0 Å². The van der Waals surface area contributed by atoms with Crippen LogP contribution in [0, 0.1) is 0 Å². The Morgan fingerprint density at radius 3 is 2.36 bits per heavy atom. The number of carbonyl (C=O) groups excluding carboxylic acids is 2. The van der Waals surface area contributed by atoms with Crippen LogP contribution in [0.5, 0.6) is 0 Å². The first-order chi connectivity index (χ1) is 5.25. The fraction of sp³-hybridized carbons (Fsp3) is 0. The van der Waals surface area contributed by atoms with E-state index >= 15 is 0 Å². The normalized spacial score (nSPS) is 9.09. The third-order valence-corrected chi connectivity index (χ3v) is 1.26. The molecule has 0 aliphatic carbocycles. The summed E-state index contributed by atoms with van der Waals surface area (Å²) in [7, 11) is 0. The number of hydrogen-bond acceptors (Lipinski definition) is 2. The van der Waals surface area contributed by atoms with Crippen LogP contribution in [0.15, 0.2) is 24.3 Å². The molecule has 0 atom stereocenters. The number of hydrogen-bond donors (Lipinski definition) is 0. The molecule has 3 nitrogen and oxygen atoms in total. The summed E-state index contributed by atoms with van der Waals surface area (Å²) in [6, 6.07) is 5.76. The largest absolute Gasteiger partial charge is 0.387 e. The summed E-state index contributed by atoms with van der Waals surface area (Å²) in [5, 5.41) is 10.3. The molecule has 0 aromatic heterocycles. The van der Waals surface area contributed by atoms with Crippen LogP contribution in [-0.2, 0) is 9.90 Å². The highest BCUT2D eigenvalue weighted by Gasteiger charge is 2.09. The van der Waals surface area contributed by atoms with E-state index in [1.165, 1.54) is 24.5 Å². The van der Waals surface area contributed by atoms with Crippen LogP contribution in [-0.4, -0.2) is 12.3 Å². The molecule has 0 unspecified atom stereocenters. The highest BCUT2D eigenvalue weighted by Crippen LogP contribution is 2.05. The first-order valence-electron chi connectivity index (χ1n) is 2.94. The third kappa shape index (κ3) is 1.43. The van der Waals surface area contributed by atoms with Gasteiger partial charge in [0.2, 0.25) is 6.29 Å². The Morgan fingerprint density at radius 1 is 1.27 bits per heavy atom. The second-order valence-electron chi connectivity index (χ2n) is 1.94. The Bertz CT molecular complexity index is 291. The van der Waals surface area contributed by atoms with Crippen molar-refractivity contribution in [3.8, 4) is 0 Å². The third-order valence-electron chi connectivity index (χ3n) is 1.26. The predicted molar refractivity (Wildman–Crippen MR) is 36.3 cm³/mol. The van der Waals surface area contributed by atoms with Crippen molar-refractivity contribution in [3.05, 3.63) is 35.4 Å². The predicted octanol–water partition coefficient (Wildman–Crippen LogP) is 0.715. The molecule has 0 N–H and O–H groups in total. The molecule has 1 rings (SSSR count). The summed E-state index contributed by atoms with van der Waals surface area (Å²) in [5.41, 5.74) is -0.102. The molecule has 0 aliphatic heterocycles. The Hall–Kier alpha value is -1.64. The number of rotatable bonds is 2. The maximum absolute atomic E-state index is 10.3. The summed E-state index contributed by atoms with van der Waals surface area (Å²) in [5.74, 6) is -1.36. The van der Waals surface area contributed by atoms with Crippen molar-refractivity contribution in [2.75, 3.05) is 0 Å². The van der Waals surface area contributed by atoms with Gasteiger partial charge in [0.05, 0.1) is 5.56 Å². The average molecular weight is 148 g/mol. The second kappa shape index (κ2) is 2.96. The second-order valence-corrected chi connectivity index (χ2v) is 1.94. The molecular formula is C8H4O3. The Labute approximate surface area is 63.3 Å². The van der Waals surface area contributed by atoms with Crippen molar-refractivity contribution in [1.29, 1.82) is 0 Å². The van der Waals surface area contributed by atoms with Gasteiger partial charge < -0.3 is 0 Å². The van der Waals surface area contributed by atoms with Crippen LogP contribution in [0.4, 0.5) is 0 Å². The van der Waals surface area contributed by atoms with E-state index in [9.17, 15) is 14.7 Å². The van der Waals surface area contributed by atoms with E-state index in [1.54, 1.807) is 6.07 Å². The minimum absolute atomic E-state index is 0.0208. The van der Waals surface area contributed by atoms with Crippen LogP contribution < -0.4 is 0 Å². The van der Waals surface area contributed by atoms with E-state index in [2.05, 4.69) is 0 Å². The van der Waals surface area contributed by atoms with Gasteiger partial charge in [0.1, 0.15) is 0 Å². The van der Waals surface area contributed by atoms with Crippen LogP contribution in [0.2, 0.25) is 0 Å². The molecule has 0 aliphatic rings. The molecule has 0 saturated carbocycles. The minimum Gasteiger partial charge on any atom is -0.285 e. The van der Waals surface area contributed by atoms with Crippen molar-refractivity contribution in [1.82, 2.24) is 0 Å². The van der Waals surface area contributed by atoms with Crippen LogP contribution in [0.25, 0.3) is 0 Å². The van der Waals surface area contributed by atoms with Crippen molar-refractivity contribution in [2.24, 2.45) is 0 Å². The van der Waals surface area contributed by atoms with Crippen LogP contribution >= 0.6 is 0 Å². The fourth-order valence-corrected chi connectivity index (χ4v) is 0.750. The maximum atomic E-state index is 10.3. The molecule has 54 valence electrons. The highest BCUT2D eigenvalue weighted by atomic mass is 16.4. The van der Waals surface area contributed by atoms with Crippen molar-refractivity contribution in [3.63, 3.8) is 0 Å². The standard InChI is InChI=1S/C8H4O3/c9-5-6-3-1-2-4-7(6)8(10)11/h1-4H. The van der Waals surface area contributed by atoms with Gasteiger partial charge in [-0.15, -0.1) is 0 Å². The Morgan fingerprint density at radius 2 is 1.91 bits per heavy atom. The lowest BCUT2D eigenvalue weighted by atomic mass is 10.1. The van der Waals surface area contributed by atoms with Gasteiger partial charge in [0, 0.05) is 5.56 Å². The first kappa shape index (κ1) is 7.47. The number of benzene rings is 1. The summed E-state index contributed by atoms with van der Waals surface area (Å²) >= 11 is 0. The van der Waals surface area contributed by atoms with Gasteiger partial charge in [0.15, 0.2) is 0 Å². The zero-order chi connectivity index (χ0) is 8.27. The highest BCUT2D eigenvalue weighted by molar-refractivity contribution is 5.96. The van der Waals surface area contributed by atoms with Gasteiger partial charge in [-0.05, 0) is 6.07 Å². The van der Waals surface area contributed by atoms with E-state index < -0.39 is 5.97 Å². The van der Waals surface area contributed by atoms with Gasteiger partial charge >= 0.3 is 5.97 Å². The maximum Gasteiger partial charge on any atom is 0.387 e. The van der Waals surface area contributed by atoms with Crippen LogP contribution in [0.1, 0.15) is 15.9 Å². The quantitative estimate of drug-likeness (QED) is 0.620. The minimum atomic E-state index is -1.36. The van der Waals surface area contributed by atoms with Gasteiger partial charge in [-0.25, -0.2) is 9.90 Å². The Balaban J connectivity index is 3.22. The van der Waals surface area contributed by atoms with E-state index in [1.807, 2.05) is 0 Å². The van der Waals surface area contributed by atoms with E-state index in [-0.39, 0.29) is 11.1 Å². The summed E-state index contributed by atoms with van der Waals surface area (Å²) in [6.07, 6.45) is 1.51. The molecule has 2 radical (unpaired) electrons. The number of carbonyl (C=O) groups is 1. The fourth-order valence-electron chi connectivity index (χ4n) is 0.750. The smallest absolute Gasteiger partial charge is 0.285 e. The van der Waals surface area contributed by atoms with Crippen molar-refractivity contribution < 1.29 is 14.7 Å². The molecule has 0 bridgehead atoms. The zero-order valence-corrected chi connectivity index (χ0v) is 5.53. The monoisotopic (exact) mass is 148 g/mol. The van der Waals surface area contributed by atoms with E-state index in [0.29, 0.717) is 0 Å². The molecule has 3 heteroatoms. The van der Waals surface area contributed by atoms with Gasteiger partial charge in [-0.1, -0.05) is 18.2 Å². The summed E-state index contributed by atoms with van der Waals surface area (Å²) < 4.78 is 0. The molecule has 1 aromatic rings. The van der Waals surface area contributed by atoms with Gasteiger partial charge in [0.25, 0.3) is 0 Å². The topological polar surface area (TPSA) is 54.0 Å². The lowest BCUT2D eigenvalue weighted by Gasteiger charge is -1.92. The molecule has 0 fully saturated rings. The van der Waals surface area contributed by atoms with Gasteiger partial charge in [-0.2, -0.15) is 0 Å². The first-order valence-corrected chi connectivity index (χ1v) is 2.94. The van der Waals surface area contributed by atoms with Crippen molar-refractivity contribution >= 4 is 12.3 Å². The summed E-state index contributed by atoms with van der Waals surface area (Å²) in [4.78, 5) is 20.4. The average Bonchev–Trinajstić information content (AvgIpc) is 2.04. The Kier molecular flexibility index (Phi) is 2.01. The molecule has 0 amide bonds. The molecular weight excluding hydrogens is 144 g/mol. The summed E-state index contributed by atoms with van der Waals surface area (Å²) in [6.45, 7) is 0. The molecule has 1 aromatic carbocycles. The molecule has 0 spiro atoms. The molecule has 0 heterocycles. The zero-order valence-electron chi connectivity index (χ0n) is 5.53. The van der Waals surface area contributed by atoms with Gasteiger partial charge in [-0.3, -0.25) is 4.79 Å². The van der Waals surface area contributed by atoms with E-state index in [0.717, 1.165) is 0 Å².